The van der Waals surface area contributed by atoms with E-state index in [-0.39, 0.29) is 23.6 Å². The van der Waals surface area contributed by atoms with Gasteiger partial charge in [-0.05, 0) is 42.7 Å². The normalized spacial score (nSPS) is 11.3. The van der Waals surface area contributed by atoms with Gasteiger partial charge in [-0.15, -0.1) is 21.5 Å². The molecule has 0 saturated carbocycles. The van der Waals surface area contributed by atoms with Gasteiger partial charge in [-0.2, -0.15) is 5.26 Å². The smallest absolute Gasteiger partial charge is 0.197 e. The van der Waals surface area contributed by atoms with Crippen LogP contribution in [0.2, 0.25) is 0 Å². The van der Waals surface area contributed by atoms with Crippen LogP contribution >= 0.6 is 11.3 Å². The molecule has 0 aliphatic heterocycles. The van der Waals surface area contributed by atoms with Crippen LogP contribution in [0.15, 0.2) is 41.8 Å². The van der Waals surface area contributed by atoms with Crippen LogP contribution in [-0.4, -0.2) is 48.1 Å². The minimum absolute atomic E-state index is 0.0524. The number of aromatic nitrogens is 4. The fourth-order valence-corrected chi connectivity index (χ4v) is 5.94. The number of ether oxygens (including phenoxy) is 2. The van der Waals surface area contributed by atoms with Crippen molar-refractivity contribution in [3.8, 4) is 34.1 Å². The number of rotatable bonds is 10. The van der Waals surface area contributed by atoms with E-state index in [2.05, 4.69) is 15.2 Å². The Morgan fingerprint density at radius 3 is 2.49 bits per heavy atom. The van der Waals surface area contributed by atoms with E-state index in [1.807, 2.05) is 18.4 Å². The molecule has 0 bridgehead atoms. The van der Waals surface area contributed by atoms with E-state index in [1.54, 1.807) is 22.8 Å². The molecule has 0 N–H and O–H groups in total. The summed E-state index contributed by atoms with van der Waals surface area (Å²) in [6.45, 7) is 1.99. The third-order valence-corrected chi connectivity index (χ3v) is 8.10. The molecule has 0 fully saturated rings. The summed E-state index contributed by atoms with van der Waals surface area (Å²) in [7, 11) is -0.718. The predicted molar refractivity (Wildman–Crippen MR) is 137 cm³/mol. The quantitative estimate of drug-likeness (QED) is 0.294. The van der Waals surface area contributed by atoms with Gasteiger partial charge in [0.2, 0.25) is 0 Å². The number of methoxy groups -OCH3 is 2. The molecule has 0 radical (unpaired) electrons. The number of benzene rings is 2. The zero-order valence-corrected chi connectivity index (χ0v) is 22.1. The average molecular weight is 542 g/mol. The molecule has 192 valence electrons. The zero-order chi connectivity index (χ0) is 26.6. The molecule has 0 unspecified atom stereocenters. The molecule has 0 aliphatic carbocycles. The van der Waals surface area contributed by atoms with Crippen LogP contribution in [-0.2, 0) is 28.4 Å². The van der Waals surface area contributed by atoms with E-state index < -0.39 is 21.4 Å². The van der Waals surface area contributed by atoms with Crippen LogP contribution in [0, 0.1) is 17.1 Å². The Morgan fingerprint density at radius 2 is 1.86 bits per heavy atom. The van der Waals surface area contributed by atoms with Gasteiger partial charge >= 0.3 is 0 Å². The van der Waals surface area contributed by atoms with Gasteiger partial charge in [0.1, 0.15) is 28.8 Å². The van der Waals surface area contributed by atoms with Crippen LogP contribution in [0.1, 0.15) is 29.6 Å². The van der Waals surface area contributed by atoms with Crippen molar-refractivity contribution in [1.29, 1.82) is 5.26 Å². The molecule has 0 spiro atoms. The Bertz CT molecular complexity index is 1550. The van der Waals surface area contributed by atoms with Gasteiger partial charge in [0.15, 0.2) is 26.5 Å². The monoisotopic (exact) mass is 541 g/mol. The van der Waals surface area contributed by atoms with Crippen molar-refractivity contribution in [3.63, 3.8) is 0 Å². The van der Waals surface area contributed by atoms with E-state index in [9.17, 15) is 18.1 Å². The number of hydrogen-bond donors (Lipinski definition) is 0. The highest BCUT2D eigenvalue weighted by Crippen LogP contribution is 2.37. The lowest BCUT2D eigenvalue weighted by Crippen LogP contribution is -2.16. The summed E-state index contributed by atoms with van der Waals surface area (Å²) in [5.41, 5.74) is 1.89. The first-order valence-corrected chi connectivity index (χ1v) is 14.0. The van der Waals surface area contributed by atoms with Crippen molar-refractivity contribution in [1.82, 2.24) is 19.7 Å². The second-order valence-corrected chi connectivity index (χ2v) is 11.1. The van der Waals surface area contributed by atoms with Crippen LogP contribution in [0.25, 0.3) is 16.5 Å². The molecule has 4 aromatic rings. The molecule has 0 atom stereocenters. The molecule has 12 heteroatoms. The summed E-state index contributed by atoms with van der Waals surface area (Å²) >= 11 is 1.38. The van der Waals surface area contributed by atoms with Gasteiger partial charge in [0.05, 0.1) is 37.3 Å². The number of hydrogen-bond acceptors (Lipinski definition) is 9. The number of halogens is 1. The number of nitriles is 1. The average Bonchev–Trinajstić information content (AvgIpc) is 3.53. The molecule has 4 rings (SSSR count). The Morgan fingerprint density at radius 1 is 1.14 bits per heavy atom. The summed E-state index contributed by atoms with van der Waals surface area (Å²) in [4.78, 5) is 4.61. The third kappa shape index (κ3) is 5.63. The van der Waals surface area contributed by atoms with Gasteiger partial charge in [0, 0.05) is 5.38 Å². The molecular formula is C25H24FN5O4S2. The van der Waals surface area contributed by atoms with Crippen molar-refractivity contribution in [3.05, 3.63) is 70.2 Å². The fraction of sp³-hybridized carbons (Fsp3) is 0.280. The molecule has 0 amide bonds. The lowest BCUT2D eigenvalue weighted by molar-refractivity contribution is 0.391. The number of sulfone groups is 1. The molecule has 2 aromatic heterocycles. The first-order chi connectivity index (χ1) is 17.8. The molecule has 0 aliphatic rings. The highest BCUT2D eigenvalue weighted by molar-refractivity contribution is 7.90. The molecule has 37 heavy (non-hydrogen) atoms. The van der Waals surface area contributed by atoms with Crippen LogP contribution in [0.5, 0.6) is 11.5 Å². The van der Waals surface area contributed by atoms with Gasteiger partial charge in [-0.3, -0.25) is 4.57 Å². The fourth-order valence-electron chi connectivity index (χ4n) is 3.81. The standard InChI is InChI=1S/C25H24FN5O4S2/c1-4-19-14-36-25(28-19)24-30-29-22(31(24)23-20(34-2)6-5-7-21(23)35-3)15-37(32,33)11-10-16-8-9-18(26)12-17(16)13-27/h5-9,12,14H,4,10-11,15H2,1-3H3. The summed E-state index contributed by atoms with van der Waals surface area (Å²) in [5.74, 6) is 0.149. The number of thiazole rings is 1. The lowest BCUT2D eigenvalue weighted by atomic mass is 10.1. The van der Waals surface area contributed by atoms with Crippen molar-refractivity contribution >= 4 is 21.2 Å². The number of nitrogens with zero attached hydrogens (tertiary/aromatic N) is 5. The first-order valence-electron chi connectivity index (χ1n) is 11.3. The van der Waals surface area contributed by atoms with Gasteiger partial charge in [0.25, 0.3) is 0 Å². The molecule has 2 heterocycles. The van der Waals surface area contributed by atoms with E-state index >= 15 is 0 Å². The maximum atomic E-state index is 13.5. The van der Waals surface area contributed by atoms with Crippen molar-refractivity contribution in [2.45, 2.75) is 25.5 Å². The molecular weight excluding hydrogens is 517 g/mol. The van der Waals surface area contributed by atoms with Crippen LogP contribution in [0.3, 0.4) is 0 Å². The van der Waals surface area contributed by atoms with E-state index in [0.29, 0.717) is 33.6 Å². The largest absolute Gasteiger partial charge is 0.494 e. The highest BCUT2D eigenvalue weighted by Gasteiger charge is 2.27. The van der Waals surface area contributed by atoms with Gasteiger partial charge in [-0.25, -0.2) is 17.8 Å². The Balaban J connectivity index is 1.76. The van der Waals surface area contributed by atoms with Crippen LogP contribution < -0.4 is 9.47 Å². The summed E-state index contributed by atoms with van der Waals surface area (Å²) in [5, 5.41) is 20.3. The maximum Gasteiger partial charge on any atom is 0.197 e. The zero-order valence-electron chi connectivity index (χ0n) is 20.4. The van der Waals surface area contributed by atoms with E-state index in [4.69, 9.17) is 9.47 Å². The number of para-hydroxylation sites is 1. The minimum Gasteiger partial charge on any atom is -0.494 e. The van der Waals surface area contributed by atoms with Crippen LogP contribution in [0.4, 0.5) is 4.39 Å². The Kier molecular flexibility index (Phi) is 7.85. The highest BCUT2D eigenvalue weighted by atomic mass is 32.2. The summed E-state index contributed by atoms with van der Waals surface area (Å²) in [6.07, 6.45) is 0.786. The van der Waals surface area contributed by atoms with Gasteiger partial charge in [-0.1, -0.05) is 19.1 Å². The topological polar surface area (TPSA) is 120 Å². The van der Waals surface area contributed by atoms with Crippen molar-refractivity contribution in [2.24, 2.45) is 0 Å². The van der Waals surface area contributed by atoms with E-state index in [0.717, 1.165) is 18.2 Å². The second kappa shape index (κ2) is 11.1. The van der Waals surface area contributed by atoms with E-state index in [1.165, 1.54) is 37.7 Å². The third-order valence-electron chi connectivity index (χ3n) is 5.68. The molecule has 9 nitrogen and oxygen atoms in total. The Hall–Kier alpha value is -3.82. The summed E-state index contributed by atoms with van der Waals surface area (Å²) in [6, 6.07) is 10.9. The molecule has 2 aromatic carbocycles. The second-order valence-electron chi connectivity index (χ2n) is 8.04. The summed E-state index contributed by atoms with van der Waals surface area (Å²) < 4.78 is 52.7. The van der Waals surface area contributed by atoms with Crippen molar-refractivity contribution in [2.75, 3.05) is 20.0 Å². The lowest BCUT2D eigenvalue weighted by Gasteiger charge is -2.17. The predicted octanol–water partition coefficient (Wildman–Crippen LogP) is 4.14. The molecule has 0 saturated heterocycles. The first kappa shape index (κ1) is 26.2. The van der Waals surface area contributed by atoms with Gasteiger partial charge < -0.3 is 9.47 Å². The maximum absolute atomic E-state index is 13.5. The number of aryl methyl sites for hydroxylation is 2. The SMILES string of the molecule is CCc1csc(-c2nnc(CS(=O)(=O)CCc3ccc(F)cc3C#N)n2-c2c(OC)cccc2OC)n1. The van der Waals surface area contributed by atoms with Crippen molar-refractivity contribution < 1.29 is 22.3 Å². The minimum atomic E-state index is -3.73. The Labute approximate surface area is 218 Å².